The molecule has 0 saturated carbocycles. The summed E-state index contributed by atoms with van der Waals surface area (Å²) in [4.78, 5) is 24.4. The van der Waals surface area contributed by atoms with Crippen molar-refractivity contribution in [1.82, 2.24) is 4.57 Å². The lowest BCUT2D eigenvalue weighted by molar-refractivity contribution is 0.102. The number of anilines is 1. The quantitative estimate of drug-likeness (QED) is 0.941. The molecule has 2 rings (SSSR count). The van der Waals surface area contributed by atoms with Crippen LogP contribution in [0.4, 0.5) is 5.69 Å². The molecule has 1 N–H and O–H groups in total. The summed E-state index contributed by atoms with van der Waals surface area (Å²) in [5, 5.41) is 2.89. The number of benzene rings is 1. The molecule has 4 heteroatoms. The number of pyridine rings is 1. The number of hydrogen-bond donors (Lipinski definition) is 1. The minimum absolute atomic E-state index is 0.151. The second-order valence-corrected chi connectivity index (χ2v) is 5.49. The van der Waals surface area contributed by atoms with E-state index in [-0.39, 0.29) is 17.0 Å². The molecule has 110 valence electrons. The molecular weight excluding hydrogens is 264 g/mol. The molecule has 0 bridgehead atoms. The lowest BCUT2D eigenvalue weighted by atomic mass is 9.98. The Morgan fingerprint density at radius 1 is 1.19 bits per heavy atom. The van der Waals surface area contributed by atoms with Crippen molar-refractivity contribution < 1.29 is 4.79 Å². The van der Waals surface area contributed by atoms with Crippen molar-refractivity contribution in [3.63, 3.8) is 0 Å². The molecule has 1 amide bonds. The number of amides is 1. The van der Waals surface area contributed by atoms with Gasteiger partial charge in [0.15, 0.2) is 0 Å². The van der Waals surface area contributed by atoms with Gasteiger partial charge in [0.05, 0.1) is 0 Å². The second kappa shape index (κ2) is 5.95. The molecule has 0 saturated heterocycles. The van der Waals surface area contributed by atoms with Crippen LogP contribution >= 0.6 is 0 Å². The fourth-order valence-electron chi connectivity index (χ4n) is 2.29. The van der Waals surface area contributed by atoms with Gasteiger partial charge in [0.25, 0.3) is 11.5 Å². The van der Waals surface area contributed by atoms with Crippen molar-refractivity contribution in [3.8, 4) is 0 Å². The van der Waals surface area contributed by atoms with E-state index in [0.29, 0.717) is 5.92 Å². The highest BCUT2D eigenvalue weighted by Gasteiger charge is 2.15. The molecular formula is C17H20N2O2. The Hall–Kier alpha value is -2.36. The van der Waals surface area contributed by atoms with Gasteiger partial charge in [0.1, 0.15) is 5.56 Å². The number of aromatic nitrogens is 1. The smallest absolute Gasteiger partial charge is 0.263 e. The van der Waals surface area contributed by atoms with Gasteiger partial charge in [-0.05, 0) is 36.1 Å². The number of carbonyl (C=O) groups excluding carboxylic acids is 1. The van der Waals surface area contributed by atoms with Gasteiger partial charge in [0.2, 0.25) is 0 Å². The van der Waals surface area contributed by atoms with Crippen LogP contribution in [-0.4, -0.2) is 10.5 Å². The number of para-hydroxylation sites is 1. The Kier molecular flexibility index (Phi) is 4.26. The number of carbonyl (C=O) groups is 1. The van der Waals surface area contributed by atoms with E-state index in [1.807, 2.05) is 25.1 Å². The predicted molar refractivity (Wildman–Crippen MR) is 84.9 cm³/mol. The topological polar surface area (TPSA) is 51.1 Å². The van der Waals surface area contributed by atoms with E-state index in [2.05, 4.69) is 19.2 Å². The fraction of sp³-hybridized carbons (Fsp3) is 0.294. The van der Waals surface area contributed by atoms with Crippen molar-refractivity contribution in [3.05, 3.63) is 63.6 Å². The Labute approximate surface area is 124 Å². The van der Waals surface area contributed by atoms with Crippen LogP contribution in [0.15, 0.2) is 41.3 Å². The molecule has 0 fully saturated rings. The monoisotopic (exact) mass is 284 g/mol. The van der Waals surface area contributed by atoms with E-state index in [1.54, 1.807) is 25.4 Å². The van der Waals surface area contributed by atoms with Gasteiger partial charge in [0, 0.05) is 18.9 Å². The van der Waals surface area contributed by atoms with Gasteiger partial charge in [-0.2, -0.15) is 0 Å². The first-order valence-corrected chi connectivity index (χ1v) is 6.98. The molecule has 1 aromatic heterocycles. The molecule has 0 unspecified atom stereocenters. The first kappa shape index (κ1) is 15.0. The van der Waals surface area contributed by atoms with Gasteiger partial charge in [-0.1, -0.05) is 32.0 Å². The first-order valence-electron chi connectivity index (χ1n) is 6.98. The molecule has 0 atom stereocenters. The normalized spacial score (nSPS) is 10.7. The lowest BCUT2D eigenvalue weighted by Gasteiger charge is -2.16. The third-order valence-corrected chi connectivity index (χ3v) is 3.53. The van der Waals surface area contributed by atoms with Gasteiger partial charge < -0.3 is 9.88 Å². The summed E-state index contributed by atoms with van der Waals surface area (Å²) in [5.74, 6) is -0.0776. The van der Waals surface area contributed by atoms with Crippen molar-refractivity contribution in [2.45, 2.75) is 26.7 Å². The van der Waals surface area contributed by atoms with E-state index < -0.39 is 0 Å². The van der Waals surface area contributed by atoms with E-state index >= 15 is 0 Å². The van der Waals surface area contributed by atoms with Crippen LogP contribution in [0.1, 0.15) is 41.3 Å². The molecule has 0 aliphatic carbocycles. The van der Waals surface area contributed by atoms with Gasteiger partial charge in [-0.25, -0.2) is 0 Å². The van der Waals surface area contributed by atoms with Crippen LogP contribution in [0.2, 0.25) is 0 Å². The maximum atomic E-state index is 12.4. The first-order chi connectivity index (χ1) is 9.91. The average Bonchev–Trinajstić information content (AvgIpc) is 2.43. The maximum absolute atomic E-state index is 12.4. The van der Waals surface area contributed by atoms with E-state index in [1.165, 1.54) is 4.57 Å². The molecule has 0 spiro atoms. The lowest BCUT2D eigenvalue weighted by Crippen LogP contribution is -2.27. The highest BCUT2D eigenvalue weighted by Crippen LogP contribution is 2.27. The van der Waals surface area contributed by atoms with Crippen molar-refractivity contribution in [1.29, 1.82) is 0 Å². The second-order valence-electron chi connectivity index (χ2n) is 5.49. The summed E-state index contributed by atoms with van der Waals surface area (Å²) in [6.07, 6.45) is 1.63. The molecule has 21 heavy (non-hydrogen) atoms. The standard InChI is InChI=1S/C17H20N2O2/c1-11(2)13-8-5-7-12(3)15(13)18-16(20)14-9-6-10-19(4)17(14)21/h5-11H,1-4H3,(H,18,20). The summed E-state index contributed by atoms with van der Waals surface area (Å²) >= 11 is 0. The van der Waals surface area contributed by atoms with Crippen LogP contribution in [0.25, 0.3) is 0 Å². The minimum Gasteiger partial charge on any atom is -0.321 e. The summed E-state index contributed by atoms with van der Waals surface area (Å²) in [5.41, 5.74) is 2.70. The number of aryl methyl sites for hydroxylation is 2. The molecule has 0 radical (unpaired) electrons. The molecule has 1 heterocycles. The highest BCUT2D eigenvalue weighted by molar-refractivity contribution is 6.04. The van der Waals surface area contributed by atoms with Crippen LogP contribution in [0, 0.1) is 6.92 Å². The van der Waals surface area contributed by atoms with Crippen molar-refractivity contribution in [2.24, 2.45) is 7.05 Å². The average molecular weight is 284 g/mol. The zero-order valence-electron chi connectivity index (χ0n) is 12.8. The Bertz CT molecular complexity index is 730. The van der Waals surface area contributed by atoms with Crippen molar-refractivity contribution >= 4 is 11.6 Å². The van der Waals surface area contributed by atoms with Crippen LogP contribution in [0.3, 0.4) is 0 Å². The van der Waals surface area contributed by atoms with Gasteiger partial charge >= 0.3 is 0 Å². The van der Waals surface area contributed by atoms with Crippen LogP contribution in [0.5, 0.6) is 0 Å². The Morgan fingerprint density at radius 2 is 1.90 bits per heavy atom. The zero-order chi connectivity index (χ0) is 15.6. The fourth-order valence-corrected chi connectivity index (χ4v) is 2.29. The zero-order valence-corrected chi connectivity index (χ0v) is 12.8. The van der Waals surface area contributed by atoms with Crippen molar-refractivity contribution in [2.75, 3.05) is 5.32 Å². The summed E-state index contributed by atoms with van der Waals surface area (Å²) in [6, 6.07) is 9.16. The summed E-state index contributed by atoms with van der Waals surface area (Å²) in [7, 11) is 1.63. The number of nitrogens with one attached hydrogen (secondary N) is 1. The highest BCUT2D eigenvalue weighted by atomic mass is 16.2. The maximum Gasteiger partial charge on any atom is 0.263 e. The predicted octanol–water partition coefficient (Wildman–Crippen LogP) is 3.07. The third-order valence-electron chi connectivity index (χ3n) is 3.53. The summed E-state index contributed by atoms with van der Waals surface area (Å²) < 4.78 is 1.40. The van der Waals surface area contributed by atoms with Gasteiger partial charge in [-0.3, -0.25) is 9.59 Å². The van der Waals surface area contributed by atoms with E-state index in [0.717, 1.165) is 16.8 Å². The van der Waals surface area contributed by atoms with Crippen LogP contribution < -0.4 is 10.9 Å². The Balaban J connectivity index is 2.41. The number of hydrogen-bond acceptors (Lipinski definition) is 2. The SMILES string of the molecule is Cc1cccc(C(C)C)c1NC(=O)c1cccn(C)c1=O. The third kappa shape index (κ3) is 3.05. The molecule has 4 nitrogen and oxygen atoms in total. The minimum atomic E-state index is -0.368. The Morgan fingerprint density at radius 3 is 2.57 bits per heavy atom. The number of rotatable bonds is 3. The number of nitrogens with zero attached hydrogens (tertiary/aromatic N) is 1. The van der Waals surface area contributed by atoms with E-state index in [4.69, 9.17) is 0 Å². The largest absolute Gasteiger partial charge is 0.321 e. The van der Waals surface area contributed by atoms with Crippen LogP contribution in [-0.2, 0) is 7.05 Å². The molecule has 2 aromatic rings. The summed E-state index contributed by atoms with van der Waals surface area (Å²) in [6.45, 7) is 6.10. The molecule has 0 aliphatic heterocycles. The molecule has 1 aromatic carbocycles. The molecule has 0 aliphatic rings. The van der Waals surface area contributed by atoms with E-state index in [9.17, 15) is 9.59 Å². The van der Waals surface area contributed by atoms with Gasteiger partial charge in [-0.15, -0.1) is 0 Å².